The van der Waals surface area contributed by atoms with Crippen molar-refractivity contribution < 1.29 is 4.74 Å². The Morgan fingerprint density at radius 3 is 1.86 bits per heavy atom. The monoisotopic (exact) mass is 541 g/mol. The fourth-order valence-corrected chi connectivity index (χ4v) is 7.43. The average Bonchev–Trinajstić information content (AvgIpc) is 3.04. The molecule has 8 rings (SSSR count). The van der Waals surface area contributed by atoms with Crippen LogP contribution in [0.3, 0.4) is 0 Å². The highest BCUT2D eigenvalue weighted by molar-refractivity contribution is 5.91. The van der Waals surface area contributed by atoms with Crippen molar-refractivity contribution in [2.45, 2.75) is 24.7 Å². The zero-order valence-electron chi connectivity index (χ0n) is 23.9. The predicted molar refractivity (Wildman–Crippen MR) is 173 cm³/mol. The summed E-state index contributed by atoms with van der Waals surface area (Å²) in [6.45, 7) is 13.9. The lowest BCUT2D eigenvalue weighted by atomic mass is 9.58. The summed E-state index contributed by atoms with van der Waals surface area (Å²) >= 11 is 0. The van der Waals surface area contributed by atoms with Crippen LogP contribution in [0, 0.1) is 0 Å². The maximum Gasteiger partial charge on any atom is 0.132 e. The summed E-state index contributed by atoms with van der Waals surface area (Å²) in [7, 11) is 0. The van der Waals surface area contributed by atoms with Gasteiger partial charge in [0, 0.05) is 16.5 Å². The Hall–Kier alpha value is -5.08. The molecule has 0 radical (unpaired) electrons. The van der Waals surface area contributed by atoms with Crippen molar-refractivity contribution in [3.8, 4) is 22.6 Å². The molecule has 3 aliphatic rings. The maximum atomic E-state index is 6.59. The van der Waals surface area contributed by atoms with Gasteiger partial charge in [-0.1, -0.05) is 124 Å². The summed E-state index contributed by atoms with van der Waals surface area (Å²) in [4.78, 5) is 2.43. The van der Waals surface area contributed by atoms with Crippen LogP contribution in [-0.4, -0.2) is 0 Å². The SMILES string of the molecule is C=CC1=C2C(=C)C(C)(C)c3ccccc3N2c2ccc(-c3ccccc3)cc2C12c1ccccc1Oc1ccccc12. The lowest BCUT2D eigenvalue weighted by Crippen LogP contribution is -2.45. The van der Waals surface area contributed by atoms with Crippen LogP contribution in [0.1, 0.15) is 36.1 Å². The first-order valence-electron chi connectivity index (χ1n) is 14.5. The summed E-state index contributed by atoms with van der Waals surface area (Å²) < 4.78 is 6.59. The van der Waals surface area contributed by atoms with Gasteiger partial charge in [0.15, 0.2) is 0 Å². The van der Waals surface area contributed by atoms with E-state index >= 15 is 0 Å². The summed E-state index contributed by atoms with van der Waals surface area (Å²) in [6.07, 6.45) is 2.06. The van der Waals surface area contributed by atoms with E-state index in [1.54, 1.807) is 0 Å². The van der Waals surface area contributed by atoms with Crippen molar-refractivity contribution in [2.75, 3.05) is 4.90 Å². The number of benzene rings is 5. The van der Waals surface area contributed by atoms with Gasteiger partial charge < -0.3 is 9.64 Å². The Bertz CT molecular complexity index is 1930. The fourth-order valence-electron chi connectivity index (χ4n) is 7.43. The molecule has 5 aromatic carbocycles. The van der Waals surface area contributed by atoms with Crippen molar-refractivity contribution in [3.05, 3.63) is 180 Å². The Morgan fingerprint density at radius 2 is 1.19 bits per heavy atom. The number of hydrogen-bond donors (Lipinski definition) is 0. The van der Waals surface area contributed by atoms with Crippen LogP contribution in [0.4, 0.5) is 11.4 Å². The van der Waals surface area contributed by atoms with Crippen LogP contribution in [0.25, 0.3) is 11.1 Å². The first-order chi connectivity index (χ1) is 20.5. The van der Waals surface area contributed by atoms with Crippen LogP contribution < -0.4 is 9.64 Å². The van der Waals surface area contributed by atoms with E-state index in [9.17, 15) is 0 Å². The van der Waals surface area contributed by atoms with Crippen molar-refractivity contribution in [2.24, 2.45) is 0 Å². The Morgan fingerprint density at radius 1 is 0.619 bits per heavy atom. The summed E-state index contributed by atoms with van der Waals surface area (Å²) in [5.74, 6) is 1.73. The van der Waals surface area contributed by atoms with Crippen molar-refractivity contribution in [3.63, 3.8) is 0 Å². The zero-order chi connectivity index (χ0) is 28.6. The largest absolute Gasteiger partial charge is 0.457 e. The molecule has 0 aliphatic carbocycles. The second-order valence-corrected chi connectivity index (χ2v) is 11.9. The van der Waals surface area contributed by atoms with E-state index in [2.05, 4.69) is 153 Å². The minimum Gasteiger partial charge on any atom is -0.457 e. The van der Waals surface area contributed by atoms with Crippen LogP contribution in [0.2, 0.25) is 0 Å². The van der Waals surface area contributed by atoms with E-state index < -0.39 is 5.41 Å². The van der Waals surface area contributed by atoms with Crippen LogP contribution >= 0.6 is 0 Å². The molecule has 0 saturated carbocycles. The highest BCUT2D eigenvalue weighted by atomic mass is 16.5. The normalized spacial score (nSPS) is 16.9. The number of fused-ring (bicyclic) bond motifs is 10. The number of para-hydroxylation sites is 3. The fraction of sp³-hybridized carbons (Fsp3) is 0.100. The van der Waals surface area contributed by atoms with Crippen LogP contribution in [0.15, 0.2) is 157 Å². The third-order valence-corrected chi connectivity index (χ3v) is 9.50. The lowest BCUT2D eigenvalue weighted by molar-refractivity contribution is 0.432. The van der Waals surface area contributed by atoms with E-state index in [1.165, 1.54) is 27.9 Å². The van der Waals surface area contributed by atoms with Gasteiger partial charge in [0.1, 0.15) is 11.5 Å². The Kier molecular flexibility index (Phi) is 5.12. The van der Waals surface area contributed by atoms with Crippen molar-refractivity contribution >= 4 is 11.4 Å². The second-order valence-electron chi connectivity index (χ2n) is 11.9. The third-order valence-electron chi connectivity index (χ3n) is 9.50. The van der Waals surface area contributed by atoms with Gasteiger partial charge in [-0.15, -0.1) is 0 Å². The zero-order valence-corrected chi connectivity index (χ0v) is 23.9. The summed E-state index contributed by atoms with van der Waals surface area (Å²) in [5.41, 5.74) is 11.8. The molecule has 1 spiro atoms. The molecular formula is C40H31NO. The van der Waals surface area contributed by atoms with Crippen LogP contribution in [0.5, 0.6) is 11.5 Å². The Labute approximate surface area is 247 Å². The van der Waals surface area contributed by atoms with Gasteiger partial charge in [0.25, 0.3) is 0 Å². The number of anilines is 2. The van der Waals surface area contributed by atoms with Crippen molar-refractivity contribution in [1.82, 2.24) is 0 Å². The molecule has 42 heavy (non-hydrogen) atoms. The molecule has 2 nitrogen and oxygen atoms in total. The quantitative estimate of drug-likeness (QED) is 0.220. The molecule has 202 valence electrons. The molecule has 3 aliphatic heterocycles. The molecule has 3 heterocycles. The van der Waals surface area contributed by atoms with Crippen LogP contribution in [-0.2, 0) is 10.8 Å². The van der Waals surface area contributed by atoms with E-state index in [0.29, 0.717) is 0 Å². The summed E-state index contributed by atoms with van der Waals surface area (Å²) in [6, 6.07) is 43.2. The molecule has 0 atom stereocenters. The number of nitrogens with zero attached hydrogens (tertiary/aromatic N) is 1. The second kappa shape index (κ2) is 8.71. The van der Waals surface area contributed by atoms with Gasteiger partial charge in [0.05, 0.1) is 22.5 Å². The molecule has 0 saturated heterocycles. The van der Waals surface area contributed by atoms with Gasteiger partial charge in [0.2, 0.25) is 0 Å². The molecular weight excluding hydrogens is 510 g/mol. The minimum absolute atomic E-state index is 0.274. The van der Waals surface area contributed by atoms with Gasteiger partial charge >= 0.3 is 0 Å². The smallest absolute Gasteiger partial charge is 0.132 e. The van der Waals surface area contributed by atoms with E-state index in [0.717, 1.165) is 45.2 Å². The van der Waals surface area contributed by atoms with Gasteiger partial charge in [-0.2, -0.15) is 0 Å². The molecule has 0 N–H and O–H groups in total. The highest BCUT2D eigenvalue weighted by Crippen LogP contribution is 2.64. The maximum absolute atomic E-state index is 6.59. The van der Waals surface area contributed by atoms with Crippen molar-refractivity contribution in [1.29, 1.82) is 0 Å². The number of hydrogen-bond acceptors (Lipinski definition) is 2. The third kappa shape index (κ3) is 3.04. The molecule has 0 aromatic heterocycles. The average molecular weight is 542 g/mol. The molecule has 0 fully saturated rings. The standard InChI is InChI=1S/C40H31NO/c1-5-29-38-26(2)39(3,4)30-17-9-12-20-34(30)41(38)35-24-23-28(27-15-7-6-8-16-27)25-33(35)40(29)31-18-10-13-21-36(31)42-37-22-14-11-19-32(37)40/h5-25H,1-2H2,3-4H3. The summed E-state index contributed by atoms with van der Waals surface area (Å²) in [5, 5.41) is 0. The first-order valence-corrected chi connectivity index (χ1v) is 14.5. The molecule has 0 unspecified atom stereocenters. The number of rotatable bonds is 2. The number of allylic oxidation sites excluding steroid dienone is 3. The van der Waals surface area contributed by atoms with Gasteiger partial charge in [-0.25, -0.2) is 0 Å². The van der Waals surface area contributed by atoms with E-state index in [1.807, 2.05) is 0 Å². The molecule has 0 amide bonds. The van der Waals surface area contributed by atoms with Gasteiger partial charge in [-0.05, 0) is 63.7 Å². The topological polar surface area (TPSA) is 12.5 Å². The van der Waals surface area contributed by atoms with E-state index in [-0.39, 0.29) is 5.41 Å². The molecule has 2 heteroatoms. The predicted octanol–water partition coefficient (Wildman–Crippen LogP) is 10.2. The lowest BCUT2D eigenvalue weighted by Gasteiger charge is -2.53. The van der Waals surface area contributed by atoms with E-state index in [4.69, 9.17) is 11.3 Å². The molecule has 5 aromatic rings. The Balaban J connectivity index is 1.59. The highest BCUT2D eigenvalue weighted by Gasteiger charge is 2.54. The van der Waals surface area contributed by atoms with Gasteiger partial charge in [-0.3, -0.25) is 0 Å². The molecule has 0 bridgehead atoms. The number of ether oxygens (including phenoxy) is 1. The first kappa shape index (κ1) is 24.7. The minimum atomic E-state index is -0.662.